The van der Waals surface area contributed by atoms with Crippen molar-refractivity contribution >= 4 is 0 Å². The molecule has 0 amide bonds. The third-order valence-corrected chi connectivity index (χ3v) is 2.82. The number of hydrogen-bond donors (Lipinski definition) is 1. The molecule has 4 nitrogen and oxygen atoms in total. The maximum absolute atomic E-state index is 8.81. The Hall–Kier alpha value is -1.10. The highest BCUT2D eigenvalue weighted by molar-refractivity contribution is 5.27. The average Bonchev–Trinajstić information content (AvgIpc) is 2.78. The van der Waals surface area contributed by atoms with Gasteiger partial charge in [-0.25, -0.2) is 0 Å². The van der Waals surface area contributed by atoms with Crippen LogP contribution in [0.15, 0.2) is 24.3 Å². The van der Waals surface area contributed by atoms with Gasteiger partial charge in [-0.2, -0.15) is 0 Å². The Labute approximate surface area is 101 Å². The maximum Gasteiger partial charge on any atom is 0.162 e. The van der Waals surface area contributed by atoms with Crippen LogP contribution in [0.1, 0.15) is 12.0 Å². The molecule has 4 heteroatoms. The highest BCUT2D eigenvalue weighted by Crippen LogP contribution is 2.19. The summed E-state index contributed by atoms with van der Waals surface area (Å²) in [4.78, 5) is 0. The lowest BCUT2D eigenvalue weighted by Gasteiger charge is -2.11. The van der Waals surface area contributed by atoms with E-state index < -0.39 is 0 Å². The lowest BCUT2D eigenvalue weighted by molar-refractivity contribution is -0.0583. The molecule has 2 rings (SSSR count). The Morgan fingerprint density at radius 1 is 1.35 bits per heavy atom. The van der Waals surface area contributed by atoms with E-state index in [2.05, 4.69) is 0 Å². The van der Waals surface area contributed by atoms with E-state index in [0.29, 0.717) is 13.0 Å². The number of aliphatic hydroxyl groups excluding tert-OH is 1. The molecular formula is C13H18O4. The first kappa shape index (κ1) is 12.4. The molecule has 1 fully saturated rings. The quantitative estimate of drug-likeness (QED) is 0.841. The zero-order valence-electron chi connectivity index (χ0n) is 9.96. The average molecular weight is 238 g/mol. The number of hydrogen-bond acceptors (Lipinski definition) is 4. The van der Waals surface area contributed by atoms with Gasteiger partial charge >= 0.3 is 0 Å². The summed E-state index contributed by atoms with van der Waals surface area (Å²) in [7, 11) is 1.65. The largest absolute Gasteiger partial charge is 0.497 e. The van der Waals surface area contributed by atoms with Crippen LogP contribution in [0.4, 0.5) is 0 Å². The first-order valence-electron chi connectivity index (χ1n) is 5.82. The van der Waals surface area contributed by atoms with Gasteiger partial charge in [0.1, 0.15) is 5.75 Å². The van der Waals surface area contributed by atoms with Crippen LogP contribution < -0.4 is 4.74 Å². The standard InChI is InChI=1S/C13H18O4/c1-15-11-4-2-10(3-5-11)8-13-16-9-12(17-13)6-7-14/h2-5,12-14H,6-9H2,1H3. The van der Waals surface area contributed by atoms with Crippen molar-refractivity contribution in [2.75, 3.05) is 20.3 Å². The summed E-state index contributed by atoms with van der Waals surface area (Å²) in [6, 6.07) is 7.86. The smallest absolute Gasteiger partial charge is 0.162 e. The van der Waals surface area contributed by atoms with Crippen molar-refractivity contribution in [1.29, 1.82) is 0 Å². The Bertz CT molecular complexity index is 336. The SMILES string of the molecule is COc1ccc(CC2OCC(CCO)O2)cc1. The number of rotatable bonds is 5. The Balaban J connectivity index is 1.84. The topological polar surface area (TPSA) is 47.9 Å². The van der Waals surface area contributed by atoms with Gasteiger partial charge in [0.25, 0.3) is 0 Å². The van der Waals surface area contributed by atoms with Gasteiger partial charge in [0.2, 0.25) is 0 Å². The Morgan fingerprint density at radius 3 is 2.76 bits per heavy atom. The zero-order chi connectivity index (χ0) is 12.1. The third kappa shape index (κ3) is 3.43. The lowest BCUT2D eigenvalue weighted by atomic mass is 10.1. The van der Waals surface area contributed by atoms with E-state index in [1.54, 1.807) is 7.11 Å². The van der Waals surface area contributed by atoms with Crippen LogP contribution in [0.2, 0.25) is 0 Å². The molecule has 1 aromatic rings. The van der Waals surface area contributed by atoms with E-state index in [0.717, 1.165) is 17.7 Å². The monoisotopic (exact) mass is 238 g/mol. The normalized spacial score (nSPS) is 23.9. The van der Waals surface area contributed by atoms with Crippen LogP contribution in [0.5, 0.6) is 5.75 Å². The van der Waals surface area contributed by atoms with Crippen LogP contribution in [0.25, 0.3) is 0 Å². The van der Waals surface area contributed by atoms with Crippen molar-refractivity contribution in [3.05, 3.63) is 29.8 Å². The van der Waals surface area contributed by atoms with Gasteiger partial charge in [-0.3, -0.25) is 0 Å². The van der Waals surface area contributed by atoms with Gasteiger partial charge in [0.15, 0.2) is 6.29 Å². The molecule has 17 heavy (non-hydrogen) atoms. The van der Waals surface area contributed by atoms with Crippen LogP contribution in [0.3, 0.4) is 0 Å². The van der Waals surface area contributed by atoms with Crippen molar-refractivity contribution in [2.24, 2.45) is 0 Å². The van der Waals surface area contributed by atoms with Gasteiger partial charge in [-0.1, -0.05) is 12.1 Å². The predicted octanol–water partition coefficient (Wildman–Crippen LogP) is 1.36. The first-order valence-corrected chi connectivity index (χ1v) is 5.82. The second kappa shape index (κ2) is 6.00. The van der Waals surface area contributed by atoms with Crippen LogP contribution in [0, 0.1) is 0 Å². The van der Waals surface area contributed by atoms with Crippen molar-refractivity contribution in [3.8, 4) is 5.75 Å². The fourth-order valence-electron chi connectivity index (χ4n) is 1.86. The zero-order valence-corrected chi connectivity index (χ0v) is 9.96. The minimum Gasteiger partial charge on any atom is -0.497 e. The molecule has 1 aliphatic heterocycles. The number of methoxy groups -OCH3 is 1. The summed E-state index contributed by atoms with van der Waals surface area (Å²) in [5.74, 6) is 0.847. The minimum absolute atomic E-state index is 0.0308. The van der Waals surface area contributed by atoms with Gasteiger partial charge in [-0.05, 0) is 24.1 Å². The molecule has 1 heterocycles. The van der Waals surface area contributed by atoms with Gasteiger partial charge in [0.05, 0.1) is 19.8 Å². The van der Waals surface area contributed by atoms with Gasteiger partial charge in [0, 0.05) is 13.0 Å². The molecule has 1 aromatic carbocycles. The Morgan fingerprint density at radius 2 is 2.12 bits per heavy atom. The van der Waals surface area contributed by atoms with E-state index in [-0.39, 0.29) is 19.0 Å². The second-order valence-corrected chi connectivity index (χ2v) is 4.09. The van der Waals surface area contributed by atoms with Crippen LogP contribution >= 0.6 is 0 Å². The summed E-state index contributed by atoms with van der Waals surface area (Å²) in [5, 5.41) is 8.81. The summed E-state index contributed by atoms with van der Waals surface area (Å²) >= 11 is 0. The Kier molecular flexibility index (Phi) is 4.36. The number of benzene rings is 1. The molecule has 0 aliphatic carbocycles. The molecular weight excluding hydrogens is 220 g/mol. The second-order valence-electron chi connectivity index (χ2n) is 4.09. The predicted molar refractivity (Wildman–Crippen MR) is 63.0 cm³/mol. The van der Waals surface area contributed by atoms with Gasteiger partial charge < -0.3 is 19.3 Å². The molecule has 2 atom stereocenters. The van der Waals surface area contributed by atoms with Crippen molar-refractivity contribution < 1.29 is 19.3 Å². The minimum atomic E-state index is -0.194. The van der Waals surface area contributed by atoms with E-state index >= 15 is 0 Å². The fraction of sp³-hybridized carbons (Fsp3) is 0.538. The molecule has 1 aliphatic rings. The van der Waals surface area contributed by atoms with Crippen LogP contribution in [-0.2, 0) is 15.9 Å². The highest BCUT2D eigenvalue weighted by atomic mass is 16.7. The molecule has 1 N–H and O–H groups in total. The first-order chi connectivity index (χ1) is 8.31. The number of ether oxygens (including phenoxy) is 3. The molecule has 0 spiro atoms. The molecule has 0 bridgehead atoms. The summed E-state index contributed by atoms with van der Waals surface area (Å²) in [5.41, 5.74) is 1.15. The molecule has 2 unspecified atom stereocenters. The molecule has 0 aromatic heterocycles. The molecule has 1 saturated heterocycles. The van der Waals surface area contributed by atoms with Crippen molar-refractivity contribution in [2.45, 2.75) is 25.2 Å². The van der Waals surface area contributed by atoms with Crippen molar-refractivity contribution in [3.63, 3.8) is 0 Å². The van der Waals surface area contributed by atoms with E-state index in [1.807, 2.05) is 24.3 Å². The highest BCUT2D eigenvalue weighted by Gasteiger charge is 2.25. The lowest BCUT2D eigenvalue weighted by Crippen LogP contribution is -2.15. The maximum atomic E-state index is 8.81. The molecule has 94 valence electrons. The summed E-state index contributed by atoms with van der Waals surface area (Å²) in [6.07, 6.45) is 1.20. The third-order valence-electron chi connectivity index (χ3n) is 2.82. The van der Waals surface area contributed by atoms with Crippen molar-refractivity contribution in [1.82, 2.24) is 0 Å². The summed E-state index contributed by atoms with van der Waals surface area (Å²) < 4.78 is 16.3. The van der Waals surface area contributed by atoms with E-state index in [9.17, 15) is 0 Å². The summed E-state index contributed by atoms with van der Waals surface area (Å²) in [6.45, 7) is 0.713. The van der Waals surface area contributed by atoms with Crippen LogP contribution in [-0.4, -0.2) is 37.8 Å². The molecule has 0 saturated carbocycles. The molecule has 0 radical (unpaired) electrons. The fourth-order valence-corrected chi connectivity index (χ4v) is 1.86. The van der Waals surface area contributed by atoms with E-state index in [1.165, 1.54) is 0 Å². The van der Waals surface area contributed by atoms with E-state index in [4.69, 9.17) is 19.3 Å². The van der Waals surface area contributed by atoms with Gasteiger partial charge in [-0.15, -0.1) is 0 Å². The number of aliphatic hydroxyl groups is 1.